The van der Waals surface area contributed by atoms with Gasteiger partial charge in [-0.3, -0.25) is 14.4 Å². The van der Waals surface area contributed by atoms with Gasteiger partial charge in [-0.15, -0.1) is 0 Å². The van der Waals surface area contributed by atoms with Crippen LogP contribution in [-0.4, -0.2) is 110 Å². The average Bonchev–Trinajstić information content (AvgIpc) is 3.53. The normalized spacial score (nSPS) is 18.9. The molecule has 2 fully saturated rings. The molecule has 10 heteroatoms. The number of hydrogen-bond donors (Lipinski definition) is 4. The standard InChI is InChI=1S/C72H140N4O6/c1-5-9-13-17-21-25-29-33-39-47-55-75(56-48-40-34-30-26-22-18-14-10-6-2)59-51-43-37-45-53-73-67(79)70(64-77)61-71(65-78)63-72(62-70,66-82-69(71)81)68(80)74-54-46-38-44-52-60-76(57-49-41-35-31-27-23-19-15-11-7-3)58-50-42-36-32-28-24-20-16-12-8-4/h77-78H,5-66H2,1-4H3,(H,73,79)(H,74,80)/t70?,71-,72-/m0/s1. The number of esters is 1. The molecular weight excluding hydrogens is 1020 g/mol. The third-order valence-electron chi connectivity index (χ3n) is 19.2. The number of ether oxygens (including phenoxy) is 1. The predicted octanol–water partition coefficient (Wildman–Crippen LogP) is 18.3. The number of nitrogens with zero attached hydrogens (tertiary/aromatic N) is 2. The van der Waals surface area contributed by atoms with Gasteiger partial charge >= 0.3 is 5.97 Å². The van der Waals surface area contributed by atoms with Crippen LogP contribution in [0.3, 0.4) is 0 Å². The topological polar surface area (TPSA) is 131 Å². The van der Waals surface area contributed by atoms with Gasteiger partial charge in [0.05, 0.1) is 29.5 Å². The zero-order chi connectivity index (χ0) is 59.3. The van der Waals surface area contributed by atoms with Gasteiger partial charge in [0, 0.05) is 13.1 Å². The minimum Gasteiger partial charge on any atom is -0.464 e. The number of aliphatic hydroxyl groups is 2. The van der Waals surface area contributed by atoms with Gasteiger partial charge in [-0.25, -0.2) is 0 Å². The van der Waals surface area contributed by atoms with E-state index >= 15 is 0 Å². The summed E-state index contributed by atoms with van der Waals surface area (Å²) in [5, 5.41) is 28.1. The highest BCUT2D eigenvalue weighted by Crippen LogP contribution is 2.58. The molecule has 2 amide bonds. The van der Waals surface area contributed by atoms with Gasteiger partial charge in [0.25, 0.3) is 0 Å². The summed E-state index contributed by atoms with van der Waals surface area (Å²) in [4.78, 5) is 47.4. The Balaban J connectivity index is 1.83. The van der Waals surface area contributed by atoms with Crippen LogP contribution >= 0.6 is 0 Å². The first-order chi connectivity index (χ1) is 40.2. The molecule has 10 nitrogen and oxygen atoms in total. The molecule has 1 saturated heterocycles. The Labute approximate surface area is 508 Å². The molecule has 2 aliphatic rings. The maximum absolute atomic E-state index is 14.3. The molecule has 2 rings (SSSR count). The summed E-state index contributed by atoms with van der Waals surface area (Å²) in [6.45, 7) is 16.1. The molecule has 484 valence electrons. The van der Waals surface area contributed by atoms with E-state index in [-0.39, 0.29) is 37.7 Å². The van der Waals surface area contributed by atoms with Crippen LogP contribution in [0.25, 0.3) is 0 Å². The first-order valence-corrected chi connectivity index (χ1v) is 36.6. The maximum atomic E-state index is 14.3. The Hall–Kier alpha value is -1.75. The van der Waals surface area contributed by atoms with Gasteiger partial charge < -0.3 is 35.4 Å². The Morgan fingerprint density at radius 2 is 0.634 bits per heavy atom. The summed E-state index contributed by atoms with van der Waals surface area (Å²) >= 11 is 0. The molecule has 1 aliphatic carbocycles. The first-order valence-electron chi connectivity index (χ1n) is 36.6. The molecule has 0 aromatic carbocycles. The second-order valence-corrected chi connectivity index (χ2v) is 27.0. The third kappa shape index (κ3) is 35.8. The van der Waals surface area contributed by atoms with Crippen LogP contribution in [0.1, 0.15) is 355 Å². The zero-order valence-electron chi connectivity index (χ0n) is 55.3. The van der Waals surface area contributed by atoms with E-state index in [9.17, 15) is 24.6 Å². The molecule has 4 N–H and O–H groups in total. The fourth-order valence-electron chi connectivity index (χ4n) is 13.8. The van der Waals surface area contributed by atoms with Crippen molar-refractivity contribution in [2.24, 2.45) is 16.2 Å². The fourth-order valence-corrected chi connectivity index (χ4v) is 13.8. The van der Waals surface area contributed by atoms with Crippen LogP contribution in [0.15, 0.2) is 0 Å². The lowest BCUT2D eigenvalue weighted by Gasteiger charge is -2.54. The molecule has 82 heavy (non-hydrogen) atoms. The summed E-state index contributed by atoms with van der Waals surface area (Å²) in [7, 11) is 0. The highest BCUT2D eigenvalue weighted by Gasteiger charge is 2.66. The Bertz CT molecular complexity index is 1360. The van der Waals surface area contributed by atoms with Crippen LogP contribution < -0.4 is 10.6 Å². The Morgan fingerprint density at radius 3 is 0.915 bits per heavy atom. The van der Waals surface area contributed by atoms with Crippen LogP contribution in [0.5, 0.6) is 0 Å². The van der Waals surface area contributed by atoms with Crippen LogP contribution in [0.2, 0.25) is 0 Å². The number of fused-ring (bicyclic) bond motifs is 2. The van der Waals surface area contributed by atoms with E-state index in [1.54, 1.807) is 0 Å². The van der Waals surface area contributed by atoms with Gasteiger partial charge in [0.15, 0.2) is 0 Å². The molecule has 2 bridgehead atoms. The number of rotatable bonds is 62. The minimum absolute atomic E-state index is 0.0317. The average molecular weight is 1160 g/mol. The summed E-state index contributed by atoms with van der Waals surface area (Å²) in [5.74, 6) is -1.14. The van der Waals surface area contributed by atoms with Crippen molar-refractivity contribution in [1.82, 2.24) is 20.4 Å². The molecule has 0 spiro atoms. The molecule has 0 radical (unpaired) electrons. The van der Waals surface area contributed by atoms with Gasteiger partial charge in [-0.2, -0.15) is 0 Å². The molecular formula is C72H140N4O6. The maximum Gasteiger partial charge on any atom is 0.314 e. The van der Waals surface area contributed by atoms with Crippen LogP contribution in [-0.2, 0) is 19.1 Å². The van der Waals surface area contributed by atoms with E-state index in [4.69, 9.17) is 4.74 Å². The quantitative estimate of drug-likeness (QED) is 0.0350. The van der Waals surface area contributed by atoms with Crippen molar-refractivity contribution in [3.63, 3.8) is 0 Å². The Morgan fingerprint density at radius 1 is 0.366 bits per heavy atom. The summed E-state index contributed by atoms with van der Waals surface area (Å²) < 4.78 is 5.68. The fraction of sp³-hybridized carbons (Fsp3) is 0.958. The largest absolute Gasteiger partial charge is 0.464 e. The van der Waals surface area contributed by atoms with E-state index in [0.717, 1.165) is 64.5 Å². The number of nitrogens with one attached hydrogen (secondary N) is 2. The SMILES string of the molecule is CCCCCCCCCCCCN(CCCCCCCCCCCC)CCCCCCNC(=O)C1(CO)C[C@@]2(C(=O)NCCCCCCN(CCCCCCCCCCCC)CCCCCCCCCCCC)COC(=O)[C@@](CO)(C1)C2. The van der Waals surface area contributed by atoms with E-state index < -0.39 is 35.4 Å². The highest BCUT2D eigenvalue weighted by molar-refractivity contribution is 5.91. The second kappa shape index (κ2) is 52.4. The van der Waals surface area contributed by atoms with Gasteiger partial charge in [0.1, 0.15) is 6.61 Å². The molecule has 3 atom stereocenters. The van der Waals surface area contributed by atoms with Crippen LogP contribution in [0, 0.1) is 16.2 Å². The summed E-state index contributed by atoms with van der Waals surface area (Å²) in [5.41, 5.74) is -3.96. The smallest absolute Gasteiger partial charge is 0.314 e. The number of hydrogen-bond acceptors (Lipinski definition) is 8. The first kappa shape index (κ1) is 76.3. The number of unbranched alkanes of at least 4 members (excludes halogenated alkanes) is 42. The van der Waals surface area contributed by atoms with Gasteiger partial charge in [-0.1, -0.05) is 285 Å². The van der Waals surface area contributed by atoms with E-state index in [1.807, 2.05) is 0 Å². The van der Waals surface area contributed by atoms with Crippen molar-refractivity contribution in [3.8, 4) is 0 Å². The molecule has 1 unspecified atom stereocenters. The number of carbonyl (C=O) groups excluding carboxylic acids is 3. The van der Waals surface area contributed by atoms with Crippen LogP contribution in [0.4, 0.5) is 0 Å². The van der Waals surface area contributed by atoms with Gasteiger partial charge in [0.2, 0.25) is 11.8 Å². The molecule has 1 heterocycles. The van der Waals surface area contributed by atoms with E-state index in [0.29, 0.717) is 13.1 Å². The highest BCUT2D eigenvalue weighted by atomic mass is 16.5. The summed E-state index contributed by atoms with van der Waals surface area (Å²) in [6.07, 6.45) is 63.1. The number of carbonyl (C=O) groups is 3. The molecule has 0 aromatic heterocycles. The monoisotopic (exact) mass is 1160 g/mol. The minimum atomic E-state index is -1.41. The lowest BCUT2D eigenvalue weighted by Crippen LogP contribution is -2.65. The molecule has 0 aromatic rings. The lowest BCUT2D eigenvalue weighted by molar-refractivity contribution is -0.202. The van der Waals surface area contributed by atoms with Crippen molar-refractivity contribution in [1.29, 1.82) is 0 Å². The van der Waals surface area contributed by atoms with E-state index in [2.05, 4.69) is 48.1 Å². The van der Waals surface area contributed by atoms with Gasteiger partial charge in [-0.05, 0) is 110 Å². The Kier molecular flexibility index (Phi) is 48.8. The summed E-state index contributed by atoms with van der Waals surface area (Å²) in [6, 6.07) is 0. The van der Waals surface area contributed by atoms with Crippen molar-refractivity contribution in [2.45, 2.75) is 355 Å². The van der Waals surface area contributed by atoms with Crippen molar-refractivity contribution < 1.29 is 29.3 Å². The van der Waals surface area contributed by atoms with Crippen molar-refractivity contribution in [3.05, 3.63) is 0 Å². The third-order valence-corrected chi connectivity index (χ3v) is 19.2. The molecule has 1 aliphatic heterocycles. The number of cyclic esters (lactones) is 1. The number of amides is 2. The van der Waals surface area contributed by atoms with Crippen molar-refractivity contribution in [2.75, 3.05) is 72.2 Å². The zero-order valence-corrected chi connectivity index (χ0v) is 55.3. The lowest BCUT2D eigenvalue weighted by atomic mass is 9.51. The second-order valence-electron chi connectivity index (χ2n) is 27.0. The molecule has 1 saturated carbocycles. The predicted molar refractivity (Wildman–Crippen MR) is 349 cm³/mol. The van der Waals surface area contributed by atoms with E-state index in [1.165, 1.54) is 283 Å². The number of aliphatic hydroxyl groups excluding tert-OH is 2. The van der Waals surface area contributed by atoms with Crippen molar-refractivity contribution >= 4 is 17.8 Å².